The molecule has 0 saturated carbocycles. The number of amides is 2. The molecule has 12 heteroatoms. The van der Waals surface area contributed by atoms with Crippen LogP contribution in [0.5, 0.6) is 28.7 Å². The van der Waals surface area contributed by atoms with Gasteiger partial charge in [-0.05, 0) is 54.6 Å². The fourth-order valence-corrected chi connectivity index (χ4v) is 4.72. The fourth-order valence-electron chi connectivity index (χ4n) is 4.49. The van der Waals surface area contributed by atoms with E-state index in [1.807, 2.05) is 30.3 Å². The van der Waals surface area contributed by atoms with E-state index in [1.165, 1.54) is 6.33 Å². The van der Waals surface area contributed by atoms with Gasteiger partial charge in [0.1, 0.15) is 43.5 Å². The van der Waals surface area contributed by atoms with Crippen molar-refractivity contribution in [3.05, 3.63) is 90.2 Å². The van der Waals surface area contributed by atoms with Crippen LogP contribution in [-0.4, -0.2) is 49.5 Å². The molecule has 1 aromatic heterocycles. The number of carbonyl (C=O) groups excluding carboxylic acids is 1. The molecule has 44 heavy (non-hydrogen) atoms. The summed E-state index contributed by atoms with van der Waals surface area (Å²) in [6, 6.07) is 23.0. The average molecular weight is 614 g/mol. The number of nitrogens with zero attached hydrogens (tertiary/aromatic N) is 2. The Kier molecular flexibility index (Phi) is 8.76. The second-order valence-electron chi connectivity index (χ2n) is 9.53. The molecule has 2 heterocycles. The van der Waals surface area contributed by atoms with Crippen LogP contribution < -0.4 is 34.9 Å². The highest BCUT2D eigenvalue weighted by molar-refractivity contribution is 6.34. The lowest BCUT2D eigenvalue weighted by Crippen LogP contribution is -2.19. The first kappa shape index (κ1) is 28.8. The van der Waals surface area contributed by atoms with Crippen molar-refractivity contribution in [2.24, 2.45) is 0 Å². The van der Waals surface area contributed by atoms with Gasteiger partial charge < -0.3 is 39.6 Å². The molecule has 0 bridgehead atoms. The largest absolute Gasteiger partial charge is 0.487 e. The Balaban J connectivity index is 1.14. The molecular formula is C32H28ClN5O6. The smallest absolute Gasteiger partial charge is 0.323 e. The summed E-state index contributed by atoms with van der Waals surface area (Å²) in [4.78, 5) is 21.6. The zero-order valence-corrected chi connectivity index (χ0v) is 24.4. The number of nitrogens with one attached hydrogen (secondary N) is 3. The summed E-state index contributed by atoms with van der Waals surface area (Å²) in [5.74, 6) is 3.37. The second kappa shape index (κ2) is 13.4. The van der Waals surface area contributed by atoms with E-state index < -0.39 is 6.03 Å². The Morgan fingerprint density at radius 2 is 1.61 bits per heavy atom. The SMILES string of the molecule is COCCOc1cc2ncnc(Nc3ccc(NC(=O)Nc4ccc(Oc5ccccc5)cc4)c(Cl)c3)c2c2c1OCCO2. The number of ether oxygens (including phenoxy) is 5. The topological polar surface area (TPSA) is 125 Å². The Bertz CT molecular complexity index is 1770. The van der Waals surface area contributed by atoms with Crippen LogP contribution in [0.2, 0.25) is 5.02 Å². The standard InChI is InChI=1S/C32H28ClN5O6/c1-40-13-14-41-27-18-26-28(30-29(27)42-15-16-43-30)31(35-19-34-26)36-21-9-12-25(24(33)17-21)38-32(39)37-20-7-10-23(11-8-20)44-22-5-3-2-4-6-22/h2-12,17-19H,13-16H2,1H3,(H,34,35,36)(H2,37,38,39). The van der Waals surface area contributed by atoms with Gasteiger partial charge in [0.05, 0.1) is 28.2 Å². The van der Waals surface area contributed by atoms with Crippen molar-refractivity contribution in [2.75, 3.05) is 49.5 Å². The molecule has 6 rings (SSSR count). The van der Waals surface area contributed by atoms with Crippen molar-refractivity contribution in [3.63, 3.8) is 0 Å². The van der Waals surface area contributed by atoms with E-state index >= 15 is 0 Å². The summed E-state index contributed by atoms with van der Waals surface area (Å²) >= 11 is 6.55. The number of aromatic nitrogens is 2. The van der Waals surface area contributed by atoms with Crippen LogP contribution >= 0.6 is 11.6 Å². The zero-order valence-electron chi connectivity index (χ0n) is 23.6. The highest BCUT2D eigenvalue weighted by Crippen LogP contribution is 2.47. The molecule has 3 N–H and O–H groups in total. The number of methoxy groups -OCH3 is 1. The monoisotopic (exact) mass is 613 g/mol. The molecule has 2 amide bonds. The van der Waals surface area contributed by atoms with Crippen molar-refractivity contribution >= 4 is 51.4 Å². The van der Waals surface area contributed by atoms with E-state index in [9.17, 15) is 4.79 Å². The predicted octanol–water partition coefficient (Wildman–Crippen LogP) is 7.26. The number of anilines is 4. The number of fused-ring (bicyclic) bond motifs is 3. The molecule has 4 aromatic carbocycles. The van der Waals surface area contributed by atoms with E-state index in [1.54, 1.807) is 55.6 Å². The molecule has 0 aliphatic carbocycles. The first-order valence-corrected chi connectivity index (χ1v) is 14.1. The van der Waals surface area contributed by atoms with E-state index in [0.29, 0.717) is 88.2 Å². The van der Waals surface area contributed by atoms with Gasteiger partial charge in [0.15, 0.2) is 11.5 Å². The van der Waals surface area contributed by atoms with Crippen LogP contribution in [0.4, 0.5) is 27.7 Å². The van der Waals surface area contributed by atoms with Crippen molar-refractivity contribution < 1.29 is 28.5 Å². The second-order valence-corrected chi connectivity index (χ2v) is 9.93. The van der Waals surface area contributed by atoms with Crippen molar-refractivity contribution in [2.45, 2.75) is 0 Å². The third kappa shape index (κ3) is 6.69. The molecule has 1 aliphatic heterocycles. The van der Waals surface area contributed by atoms with Gasteiger partial charge in [-0.3, -0.25) is 0 Å². The molecule has 1 aliphatic rings. The molecule has 5 aromatic rings. The van der Waals surface area contributed by atoms with Crippen LogP contribution in [0.3, 0.4) is 0 Å². The van der Waals surface area contributed by atoms with Crippen LogP contribution in [-0.2, 0) is 4.74 Å². The number of urea groups is 1. The van der Waals surface area contributed by atoms with E-state index in [2.05, 4.69) is 25.9 Å². The lowest BCUT2D eigenvalue weighted by Gasteiger charge is -2.23. The van der Waals surface area contributed by atoms with Crippen LogP contribution in [0.25, 0.3) is 10.9 Å². The number of benzene rings is 4. The molecule has 0 unspecified atom stereocenters. The summed E-state index contributed by atoms with van der Waals surface area (Å²) in [5.41, 5.74) is 2.27. The number of hydrogen-bond acceptors (Lipinski definition) is 9. The first-order chi connectivity index (χ1) is 21.6. The maximum Gasteiger partial charge on any atom is 0.323 e. The summed E-state index contributed by atoms with van der Waals surface area (Å²) in [7, 11) is 1.61. The molecule has 0 atom stereocenters. The van der Waals surface area contributed by atoms with Crippen molar-refractivity contribution in [1.29, 1.82) is 0 Å². The summed E-state index contributed by atoms with van der Waals surface area (Å²) in [6.07, 6.45) is 1.45. The highest BCUT2D eigenvalue weighted by atomic mass is 35.5. The number of para-hydroxylation sites is 1. The normalized spacial score (nSPS) is 12.0. The lowest BCUT2D eigenvalue weighted by molar-refractivity contribution is 0.134. The minimum Gasteiger partial charge on any atom is -0.487 e. The van der Waals surface area contributed by atoms with Crippen LogP contribution in [0, 0.1) is 0 Å². The Morgan fingerprint density at radius 3 is 2.39 bits per heavy atom. The van der Waals surface area contributed by atoms with Crippen LogP contribution in [0.1, 0.15) is 0 Å². The maximum absolute atomic E-state index is 12.7. The molecule has 0 fully saturated rings. The maximum atomic E-state index is 12.7. The Labute approximate surface area is 258 Å². The number of hydrogen-bond donors (Lipinski definition) is 3. The molecule has 0 spiro atoms. The minimum atomic E-state index is -0.446. The third-order valence-electron chi connectivity index (χ3n) is 6.49. The van der Waals surface area contributed by atoms with Gasteiger partial charge >= 0.3 is 6.03 Å². The minimum absolute atomic E-state index is 0.325. The Morgan fingerprint density at radius 1 is 0.864 bits per heavy atom. The number of carbonyl (C=O) groups is 1. The average Bonchev–Trinajstić information content (AvgIpc) is 3.04. The van der Waals surface area contributed by atoms with Gasteiger partial charge in [-0.15, -0.1) is 0 Å². The van der Waals surface area contributed by atoms with Gasteiger partial charge in [0, 0.05) is 24.6 Å². The summed E-state index contributed by atoms with van der Waals surface area (Å²) in [6.45, 7) is 1.54. The Hall–Kier alpha value is -5.26. The molecular weight excluding hydrogens is 586 g/mol. The van der Waals surface area contributed by atoms with E-state index in [4.69, 9.17) is 35.3 Å². The lowest BCUT2D eigenvalue weighted by atomic mass is 10.1. The summed E-state index contributed by atoms with van der Waals surface area (Å²) in [5, 5.41) is 9.81. The van der Waals surface area contributed by atoms with Gasteiger partial charge in [-0.1, -0.05) is 29.8 Å². The van der Waals surface area contributed by atoms with Crippen LogP contribution in [0.15, 0.2) is 85.2 Å². The van der Waals surface area contributed by atoms with E-state index in [-0.39, 0.29) is 0 Å². The van der Waals surface area contributed by atoms with Gasteiger partial charge in [-0.25, -0.2) is 14.8 Å². The molecule has 0 radical (unpaired) electrons. The molecule has 11 nitrogen and oxygen atoms in total. The number of halogens is 1. The van der Waals surface area contributed by atoms with E-state index in [0.717, 1.165) is 5.75 Å². The number of rotatable bonds is 10. The molecule has 224 valence electrons. The molecule has 0 saturated heterocycles. The third-order valence-corrected chi connectivity index (χ3v) is 6.81. The van der Waals surface area contributed by atoms with Gasteiger partial charge in [0.25, 0.3) is 0 Å². The first-order valence-electron chi connectivity index (χ1n) is 13.7. The quantitative estimate of drug-likeness (QED) is 0.140. The predicted molar refractivity (Wildman–Crippen MR) is 168 cm³/mol. The fraction of sp³-hybridized carbons (Fsp3) is 0.156. The van der Waals surface area contributed by atoms with Crippen molar-refractivity contribution in [1.82, 2.24) is 9.97 Å². The summed E-state index contributed by atoms with van der Waals surface area (Å²) < 4.78 is 28.6. The van der Waals surface area contributed by atoms with Gasteiger partial charge in [0.2, 0.25) is 5.75 Å². The van der Waals surface area contributed by atoms with Gasteiger partial charge in [-0.2, -0.15) is 0 Å². The highest BCUT2D eigenvalue weighted by Gasteiger charge is 2.24. The van der Waals surface area contributed by atoms with Crippen molar-refractivity contribution in [3.8, 4) is 28.7 Å². The zero-order chi connectivity index (χ0) is 30.3.